The van der Waals surface area contributed by atoms with Gasteiger partial charge < -0.3 is 9.84 Å². The zero-order valence-corrected chi connectivity index (χ0v) is 18.5. The van der Waals surface area contributed by atoms with E-state index in [1.165, 1.54) is 19.2 Å². The number of halogens is 5. The largest absolute Gasteiger partial charge is 0.506 e. The second kappa shape index (κ2) is 9.15. The van der Waals surface area contributed by atoms with Gasteiger partial charge in [-0.25, -0.2) is 8.78 Å². The first kappa shape index (κ1) is 25.3. The monoisotopic (exact) mass is 487 g/mol. The van der Waals surface area contributed by atoms with Crippen LogP contribution in [0.25, 0.3) is 5.76 Å². The van der Waals surface area contributed by atoms with E-state index in [2.05, 4.69) is 10.1 Å². The number of ether oxygens (including phenoxy) is 1. The minimum atomic E-state index is -4.55. The van der Waals surface area contributed by atoms with Gasteiger partial charge in [0.25, 0.3) is 6.43 Å². The van der Waals surface area contributed by atoms with E-state index in [9.17, 15) is 36.6 Å². The number of allylic oxidation sites excluding steroid dienone is 1. The highest BCUT2D eigenvalue weighted by Crippen LogP contribution is 2.37. The molecule has 34 heavy (non-hydrogen) atoms. The number of alkyl halides is 5. The second-order valence-electron chi connectivity index (χ2n) is 8.80. The number of nitrogens with zero attached hydrogens (tertiary/aromatic N) is 3. The van der Waals surface area contributed by atoms with Crippen molar-refractivity contribution in [3.8, 4) is 5.75 Å². The smallest absolute Gasteiger partial charge is 0.422 e. The molecule has 12 heteroatoms. The van der Waals surface area contributed by atoms with E-state index < -0.39 is 58.8 Å². The predicted molar refractivity (Wildman–Crippen MR) is 109 cm³/mol. The van der Waals surface area contributed by atoms with Crippen LogP contribution in [0.15, 0.2) is 24.0 Å². The summed E-state index contributed by atoms with van der Waals surface area (Å²) in [4.78, 5) is 29.0. The van der Waals surface area contributed by atoms with Gasteiger partial charge in [-0.15, -0.1) is 0 Å². The fourth-order valence-corrected chi connectivity index (χ4v) is 3.71. The molecule has 1 aliphatic carbocycles. The van der Waals surface area contributed by atoms with Crippen LogP contribution in [0.2, 0.25) is 0 Å². The van der Waals surface area contributed by atoms with E-state index in [0.29, 0.717) is 0 Å². The minimum Gasteiger partial charge on any atom is -0.506 e. The van der Waals surface area contributed by atoms with E-state index in [1.54, 1.807) is 13.8 Å². The molecular weight excluding hydrogens is 465 g/mol. The molecule has 184 valence electrons. The fraction of sp³-hybridized carbons (Fsp3) is 0.455. The number of aromatic nitrogens is 3. The van der Waals surface area contributed by atoms with Gasteiger partial charge in [0.1, 0.15) is 22.8 Å². The van der Waals surface area contributed by atoms with Crippen molar-refractivity contribution in [2.24, 2.45) is 5.41 Å². The van der Waals surface area contributed by atoms with E-state index in [4.69, 9.17) is 4.74 Å². The van der Waals surface area contributed by atoms with Crippen LogP contribution in [0.5, 0.6) is 5.75 Å². The number of carbonyl (C=O) groups is 2. The number of Topliss-reactive ketones (excluding diaryl/α,β-unsaturated/α-hetero) is 2. The standard InChI is InChI=1S/C22H22F5N3O4/c1-11-13(28-5-4-16(11)34-10-22(25,26)27)9-30-8-12(18(29-30)20(23)24)19(33)17-14(31)6-21(2,3)7-15(17)32/h4-5,8,20,33H,6-7,9-10H2,1-3H3. The summed E-state index contributed by atoms with van der Waals surface area (Å²) in [6.45, 7) is 3.11. The lowest BCUT2D eigenvalue weighted by Gasteiger charge is -2.28. The predicted octanol–water partition coefficient (Wildman–Crippen LogP) is 4.74. The van der Waals surface area contributed by atoms with Crippen LogP contribution in [-0.4, -0.2) is 44.2 Å². The van der Waals surface area contributed by atoms with Gasteiger partial charge in [0.15, 0.2) is 18.2 Å². The van der Waals surface area contributed by atoms with Crippen molar-refractivity contribution in [3.05, 3.63) is 46.5 Å². The normalized spacial score (nSPS) is 16.3. The minimum absolute atomic E-state index is 0.0376. The topological polar surface area (TPSA) is 94.3 Å². The lowest BCUT2D eigenvalue weighted by Crippen LogP contribution is -2.32. The molecule has 1 aliphatic rings. The van der Waals surface area contributed by atoms with E-state index in [1.807, 2.05) is 0 Å². The Balaban J connectivity index is 1.96. The Kier molecular flexibility index (Phi) is 6.81. The van der Waals surface area contributed by atoms with Crippen molar-refractivity contribution in [1.82, 2.24) is 14.8 Å². The fourth-order valence-electron chi connectivity index (χ4n) is 3.71. The number of hydrogen-bond donors (Lipinski definition) is 1. The molecule has 0 aliphatic heterocycles. The van der Waals surface area contributed by atoms with Gasteiger partial charge in [-0.3, -0.25) is 19.3 Å². The van der Waals surface area contributed by atoms with Gasteiger partial charge in [-0.05, 0) is 18.4 Å². The Labute approximate surface area is 191 Å². The maximum absolute atomic E-state index is 13.7. The summed E-state index contributed by atoms with van der Waals surface area (Å²) in [5.74, 6) is -2.27. The zero-order chi connectivity index (χ0) is 25.4. The van der Waals surface area contributed by atoms with Crippen LogP contribution < -0.4 is 4.74 Å². The van der Waals surface area contributed by atoms with Gasteiger partial charge in [0, 0.05) is 30.8 Å². The maximum atomic E-state index is 13.7. The van der Waals surface area contributed by atoms with Gasteiger partial charge >= 0.3 is 6.18 Å². The second-order valence-corrected chi connectivity index (χ2v) is 8.80. The molecule has 0 amide bonds. The Bertz CT molecular complexity index is 1130. The summed E-state index contributed by atoms with van der Waals surface area (Å²) >= 11 is 0. The molecular formula is C22H22F5N3O4. The third kappa shape index (κ3) is 5.60. The molecule has 7 nitrogen and oxygen atoms in total. The third-order valence-corrected chi connectivity index (χ3v) is 5.29. The number of carbonyl (C=O) groups excluding carboxylic acids is 2. The highest BCUT2D eigenvalue weighted by molar-refractivity contribution is 6.26. The summed E-state index contributed by atoms with van der Waals surface area (Å²) < 4.78 is 70.5. The molecule has 0 bridgehead atoms. The number of pyridine rings is 1. The average Bonchev–Trinajstić information content (AvgIpc) is 3.10. The molecule has 2 aromatic heterocycles. The highest BCUT2D eigenvalue weighted by Gasteiger charge is 2.39. The maximum Gasteiger partial charge on any atom is 0.422 e. The van der Waals surface area contributed by atoms with Crippen LogP contribution in [0.3, 0.4) is 0 Å². The van der Waals surface area contributed by atoms with Crippen LogP contribution >= 0.6 is 0 Å². The Morgan fingerprint density at radius 1 is 1.24 bits per heavy atom. The van der Waals surface area contributed by atoms with Gasteiger partial charge in [0.05, 0.1) is 17.8 Å². The molecule has 0 aromatic carbocycles. The molecule has 1 fully saturated rings. The Morgan fingerprint density at radius 2 is 1.85 bits per heavy atom. The van der Waals surface area contributed by atoms with Crippen molar-refractivity contribution >= 4 is 17.3 Å². The average molecular weight is 487 g/mol. The quantitative estimate of drug-likeness (QED) is 0.274. The van der Waals surface area contributed by atoms with Crippen LogP contribution in [0.1, 0.15) is 55.6 Å². The zero-order valence-electron chi connectivity index (χ0n) is 18.5. The van der Waals surface area contributed by atoms with Crippen molar-refractivity contribution in [1.29, 1.82) is 0 Å². The molecule has 0 spiro atoms. The molecule has 1 saturated carbocycles. The summed E-state index contributed by atoms with van der Waals surface area (Å²) in [5, 5.41) is 14.4. The number of ketones is 2. The molecule has 2 heterocycles. The molecule has 0 unspecified atom stereocenters. The molecule has 1 N–H and O–H groups in total. The number of hydrogen-bond acceptors (Lipinski definition) is 6. The van der Waals surface area contributed by atoms with Crippen molar-refractivity contribution in [3.63, 3.8) is 0 Å². The van der Waals surface area contributed by atoms with E-state index >= 15 is 0 Å². The number of rotatable bonds is 6. The molecule has 2 aromatic rings. The first-order chi connectivity index (χ1) is 15.7. The van der Waals surface area contributed by atoms with Crippen molar-refractivity contribution in [2.45, 2.75) is 52.8 Å². The summed E-state index contributed by atoms with van der Waals surface area (Å²) in [6.07, 6.45) is -5.53. The first-order valence-electron chi connectivity index (χ1n) is 10.2. The summed E-state index contributed by atoms with van der Waals surface area (Å²) in [5.41, 5.74) is -2.06. The number of aliphatic hydroxyl groups is 1. The van der Waals surface area contributed by atoms with Crippen molar-refractivity contribution in [2.75, 3.05) is 6.61 Å². The van der Waals surface area contributed by atoms with Crippen molar-refractivity contribution < 1.29 is 41.4 Å². The SMILES string of the molecule is Cc1c(OCC(F)(F)F)ccnc1Cn1cc(C(O)=C2C(=O)CC(C)(C)CC2=O)c(C(F)F)n1. The first-order valence-corrected chi connectivity index (χ1v) is 10.2. The Morgan fingerprint density at radius 3 is 2.41 bits per heavy atom. The van der Waals surface area contributed by atoms with E-state index in [-0.39, 0.29) is 36.4 Å². The lowest BCUT2D eigenvalue weighted by molar-refractivity contribution is -0.153. The molecule has 0 radical (unpaired) electrons. The summed E-state index contributed by atoms with van der Waals surface area (Å²) in [6, 6.07) is 1.24. The molecule has 0 atom stereocenters. The van der Waals surface area contributed by atoms with Gasteiger partial charge in [-0.1, -0.05) is 13.8 Å². The van der Waals surface area contributed by atoms with E-state index in [0.717, 1.165) is 10.9 Å². The molecule has 0 saturated heterocycles. The van der Waals surface area contributed by atoms with Gasteiger partial charge in [0.2, 0.25) is 0 Å². The van der Waals surface area contributed by atoms with Crippen LogP contribution in [0.4, 0.5) is 22.0 Å². The highest BCUT2D eigenvalue weighted by atomic mass is 19.4. The lowest BCUT2D eigenvalue weighted by atomic mass is 9.73. The van der Waals surface area contributed by atoms with Gasteiger partial charge in [-0.2, -0.15) is 18.3 Å². The van der Waals surface area contributed by atoms with Crippen LogP contribution in [0, 0.1) is 12.3 Å². The Hall–Kier alpha value is -3.31. The number of aliphatic hydroxyl groups excluding tert-OH is 1. The summed E-state index contributed by atoms with van der Waals surface area (Å²) in [7, 11) is 0. The van der Waals surface area contributed by atoms with Crippen LogP contribution in [-0.2, 0) is 16.1 Å². The third-order valence-electron chi connectivity index (χ3n) is 5.29. The molecule has 3 rings (SSSR count).